The van der Waals surface area contributed by atoms with Crippen molar-refractivity contribution >= 4 is 28.6 Å². The van der Waals surface area contributed by atoms with Crippen LogP contribution in [0.4, 0.5) is 15.9 Å². The van der Waals surface area contributed by atoms with Crippen LogP contribution in [0.2, 0.25) is 0 Å². The molecule has 1 fully saturated rings. The highest BCUT2D eigenvalue weighted by molar-refractivity contribution is 6.01. The van der Waals surface area contributed by atoms with Gasteiger partial charge < -0.3 is 9.80 Å². The Morgan fingerprint density at radius 3 is 2.80 bits per heavy atom. The van der Waals surface area contributed by atoms with Gasteiger partial charge >= 0.3 is 0 Å². The molecule has 0 spiro atoms. The number of carbonyl (C=O) groups excluding carboxylic acids is 1. The van der Waals surface area contributed by atoms with Crippen LogP contribution in [0.5, 0.6) is 0 Å². The Balaban J connectivity index is 1.61. The molecule has 1 amide bonds. The predicted octanol–water partition coefficient (Wildman–Crippen LogP) is 2.41. The van der Waals surface area contributed by atoms with Gasteiger partial charge in [0.15, 0.2) is 5.65 Å². The molecule has 1 aliphatic rings. The van der Waals surface area contributed by atoms with Crippen molar-refractivity contribution < 1.29 is 9.18 Å². The standard InChI is InChI=1S/C18H16FN5O/c1-23(16-7-6-13-17(22-16)21-10-9-20-13)15-8-11-24(18(15)25)14-5-3-2-4-12(14)19/h2-7,9-10,15H,8,11H2,1H3. The summed E-state index contributed by atoms with van der Waals surface area (Å²) >= 11 is 0. The molecule has 2 aromatic heterocycles. The second kappa shape index (κ2) is 6.08. The van der Waals surface area contributed by atoms with Crippen molar-refractivity contribution in [3.8, 4) is 0 Å². The minimum atomic E-state index is -0.391. The Morgan fingerprint density at radius 1 is 1.16 bits per heavy atom. The summed E-state index contributed by atoms with van der Waals surface area (Å²) in [5, 5.41) is 0. The molecule has 0 radical (unpaired) electrons. The maximum Gasteiger partial charge on any atom is 0.249 e. The van der Waals surface area contributed by atoms with Gasteiger partial charge in [0.2, 0.25) is 5.91 Å². The summed E-state index contributed by atoms with van der Waals surface area (Å²) in [5.41, 5.74) is 1.55. The van der Waals surface area contributed by atoms with E-state index < -0.39 is 5.82 Å². The van der Waals surface area contributed by atoms with Gasteiger partial charge in [0.25, 0.3) is 0 Å². The third-order valence-electron chi connectivity index (χ3n) is 4.47. The minimum absolute atomic E-state index is 0.131. The SMILES string of the molecule is CN(c1ccc2nccnc2n1)C1CCN(c2ccccc2F)C1=O. The summed E-state index contributed by atoms with van der Waals surface area (Å²) in [5.74, 6) is 0.119. The number of halogens is 1. The van der Waals surface area contributed by atoms with Crippen LogP contribution >= 0.6 is 0 Å². The van der Waals surface area contributed by atoms with Crippen LogP contribution in [0.1, 0.15) is 6.42 Å². The fraction of sp³-hybridized carbons (Fsp3) is 0.222. The number of rotatable bonds is 3. The molecule has 7 heteroatoms. The van der Waals surface area contributed by atoms with Crippen LogP contribution in [-0.2, 0) is 4.79 Å². The lowest BCUT2D eigenvalue weighted by Crippen LogP contribution is -2.40. The van der Waals surface area contributed by atoms with E-state index in [0.29, 0.717) is 35.6 Å². The van der Waals surface area contributed by atoms with Crippen molar-refractivity contribution in [2.75, 3.05) is 23.4 Å². The molecule has 4 rings (SSSR count). The zero-order valence-corrected chi connectivity index (χ0v) is 13.6. The number of nitrogens with zero attached hydrogens (tertiary/aromatic N) is 5. The lowest BCUT2D eigenvalue weighted by molar-refractivity contribution is -0.118. The Bertz CT molecular complexity index is 947. The first-order chi connectivity index (χ1) is 12.1. The molecule has 0 bridgehead atoms. The largest absolute Gasteiger partial charge is 0.347 e. The zero-order valence-electron chi connectivity index (χ0n) is 13.6. The Kier molecular flexibility index (Phi) is 3.76. The molecule has 1 aliphatic heterocycles. The molecule has 3 heterocycles. The van der Waals surface area contributed by atoms with E-state index in [9.17, 15) is 9.18 Å². The van der Waals surface area contributed by atoms with Crippen molar-refractivity contribution in [2.24, 2.45) is 0 Å². The Hall–Kier alpha value is -3.09. The van der Waals surface area contributed by atoms with E-state index in [1.807, 2.05) is 24.1 Å². The zero-order chi connectivity index (χ0) is 17.4. The van der Waals surface area contributed by atoms with Crippen molar-refractivity contribution in [2.45, 2.75) is 12.5 Å². The topological polar surface area (TPSA) is 62.2 Å². The highest BCUT2D eigenvalue weighted by Crippen LogP contribution is 2.28. The number of fused-ring (bicyclic) bond motifs is 1. The van der Waals surface area contributed by atoms with Crippen molar-refractivity contribution in [1.29, 1.82) is 0 Å². The average Bonchev–Trinajstić information content (AvgIpc) is 3.02. The lowest BCUT2D eigenvalue weighted by Gasteiger charge is -2.25. The summed E-state index contributed by atoms with van der Waals surface area (Å²) in [6.45, 7) is 0.474. The third kappa shape index (κ3) is 2.67. The van der Waals surface area contributed by atoms with E-state index in [1.165, 1.54) is 11.0 Å². The molecule has 0 saturated carbocycles. The molecule has 1 aromatic carbocycles. The monoisotopic (exact) mass is 337 g/mol. The highest BCUT2D eigenvalue weighted by atomic mass is 19.1. The van der Waals surface area contributed by atoms with Gasteiger partial charge in [-0.3, -0.25) is 9.78 Å². The number of aromatic nitrogens is 3. The first kappa shape index (κ1) is 15.4. The summed E-state index contributed by atoms with van der Waals surface area (Å²) in [7, 11) is 1.82. The van der Waals surface area contributed by atoms with Crippen LogP contribution in [0.15, 0.2) is 48.8 Å². The Morgan fingerprint density at radius 2 is 1.96 bits per heavy atom. The number of amides is 1. The number of likely N-dealkylation sites (N-methyl/N-ethyl adjacent to an activating group) is 1. The maximum absolute atomic E-state index is 14.0. The molecule has 1 atom stereocenters. The fourth-order valence-electron chi connectivity index (χ4n) is 3.13. The van der Waals surface area contributed by atoms with Gasteiger partial charge in [-0.15, -0.1) is 0 Å². The summed E-state index contributed by atoms with van der Waals surface area (Å²) < 4.78 is 14.0. The molecule has 1 saturated heterocycles. The number of hydrogen-bond donors (Lipinski definition) is 0. The highest BCUT2D eigenvalue weighted by Gasteiger charge is 2.36. The molecule has 0 aliphatic carbocycles. The molecule has 0 N–H and O–H groups in total. The lowest BCUT2D eigenvalue weighted by atomic mass is 10.2. The van der Waals surface area contributed by atoms with Crippen molar-refractivity contribution in [1.82, 2.24) is 15.0 Å². The first-order valence-corrected chi connectivity index (χ1v) is 8.01. The normalized spacial score (nSPS) is 17.3. The van der Waals surface area contributed by atoms with Gasteiger partial charge in [-0.25, -0.2) is 14.4 Å². The predicted molar refractivity (Wildman–Crippen MR) is 92.9 cm³/mol. The number of carbonyl (C=O) groups is 1. The first-order valence-electron chi connectivity index (χ1n) is 8.01. The van der Waals surface area contributed by atoms with Gasteiger partial charge in [0, 0.05) is 26.0 Å². The summed E-state index contributed by atoms with van der Waals surface area (Å²) in [6, 6.07) is 9.59. The van der Waals surface area contributed by atoms with Gasteiger partial charge in [-0.1, -0.05) is 12.1 Å². The number of anilines is 2. The average molecular weight is 337 g/mol. The number of benzene rings is 1. The van der Waals surface area contributed by atoms with Gasteiger partial charge in [-0.2, -0.15) is 0 Å². The maximum atomic E-state index is 14.0. The number of para-hydroxylation sites is 1. The molecule has 3 aromatic rings. The van der Waals surface area contributed by atoms with E-state index in [-0.39, 0.29) is 11.9 Å². The van der Waals surface area contributed by atoms with Crippen molar-refractivity contribution in [3.63, 3.8) is 0 Å². The molecule has 25 heavy (non-hydrogen) atoms. The summed E-state index contributed by atoms with van der Waals surface area (Å²) in [4.78, 5) is 29.0. The quantitative estimate of drug-likeness (QED) is 0.734. The number of hydrogen-bond acceptors (Lipinski definition) is 5. The molecule has 126 valence electrons. The van der Waals surface area contributed by atoms with Gasteiger partial charge in [-0.05, 0) is 30.7 Å². The second-order valence-electron chi connectivity index (χ2n) is 5.93. The van der Waals surface area contributed by atoms with E-state index >= 15 is 0 Å². The van der Waals surface area contributed by atoms with Crippen LogP contribution in [0.25, 0.3) is 11.2 Å². The summed E-state index contributed by atoms with van der Waals surface area (Å²) in [6.07, 6.45) is 3.80. The van der Waals surface area contributed by atoms with Crippen LogP contribution < -0.4 is 9.80 Å². The molecular weight excluding hydrogens is 321 g/mol. The van der Waals surface area contributed by atoms with E-state index in [0.717, 1.165) is 0 Å². The Labute approximate surface area is 143 Å². The number of pyridine rings is 1. The fourth-order valence-corrected chi connectivity index (χ4v) is 3.13. The van der Waals surface area contributed by atoms with Crippen LogP contribution in [0.3, 0.4) is 0 Å². The van der Waals surface area contributed by atoms with Crippen LogP contribution in [0, 0.1) is 5.82 Å². The minimum Gasteiger partial charge on any atom is -0.347 e. The van der Waals surface area contributed by atoms with E-state index in [2.05, 4.69) is 15.0 Å². The van der Waals surface area contributed by atoms with Gasteiger partial charge in [0.05, 0.1) is 5.69 Å². The smallest absolute Gasteiger partial charge is 0.249 e. The van der Waals surface area contributed by atoms with Crippen molar-refractivity contribution in [3.05, 3.63) is 54.6 Å². The second-order valence-corrected chi connectivity index (χ2v) is 5.93. The molecule has 1 unspecified atom stereocenters. The molecular formula is C18H16FN5O. The van der Waals surface area contributed by atoms with E-state index in [1.54, 1.807) is 30.6 Å². The van der Waals surface area contributed by atoms with Crippen LogP contribution in [-0.4, -0.2) is 40.5 Å². The van der Waals surface area contributed by atoms with E-state index in [4.69, 9.17) is 0 Å². The third-order valence-corrected chi connectivity index (χ3v) is 4.47. The van der Waals surface area contributed by atoms with Gasteiger partial charge in [0.1, 0.15) is 23.2 Å². The molecule has 6 nitrogen and oxygen atoms in total.